The Morgan fingerprint density at radius 2 is 2.00 bits per heavy atom. The molecule has 2 atom stereocenters. The van der Waals surface area contributed by atoms with Crippen molar-refractivity contribution >= 4 is 27.8 Å². The SMILES string of the molecule is CCCN(CC(=O)O)C(=O)C1CC1c1ccc(Br)cc1. The van der Waals surface area contributed by atoms with E-state index in [1.165, 1.54) is 4.90 Å². The second-order valence-electron chi connectivity index (χ2n) is 5.15. The molecule has 108 valence electrons. The molecule has 0 aliphatic heterocycles. The number of amides is 1. The van der Waals surface area contributed by atoms with Crippen LogP contribution in [0.1, 0.15) is 31.2 Å². The van der Waals surface area contributed by atoms with Crippen LogP contribution in [0.3, 0.4) is 0 Å². The van der Waals surface area contributed by atoms with Gasteiger partial charge in [0.05, 0.1) is 0 Å². The van der Waals surface area contributed by atoms with Gasteiger partial charge in [-0.15, -0.1) is 0 Å². The van der Waals surface area contributed by atoms with Crippen LogP contribution in [0.2, 0.25) is 0 Å². The van der Waals surface area contributed by atoms with Crippen molar-refractivity contribution in [2.75, 3.05) is 13.1 Å². The Bertz CT molecular complexity index is 500. The summed E-state index contributed by atoms with van der Waals surface area (Å²) < 4.78 is 1.02. The number of carboxylic acids is 1. The Labute approximate surface area is 126 Å². The minimum Gasteiger partial charge on any atom is -0.480 e. The summed E-state index contributed by atoms with van der Waals surface area (Å²) >= 11 is 3.39. The average Bonchev–Trinajstić information content (AvgIpc) is 3.18. The monoisotopic (exact) mass is 339 g/mol. The first-order valence-corrected chi connectivity index (χ1v) is 7.58. The molecule has 1 aromatic rings. The lowest BCUT2D eigenvalue weighted by Crippen LogP contribution is -2.37. The Hall–Kier alpha value is -1.36. The fourth-order valence-corrected chi connectivity index (χ4v) is 2.75. The minimum atomic E-state index is -0.951. The first kappa shape index (κ1) is 15.0. The average molecular weight is 340 g/mol. The van der Waals surface area contributed by atoms with Crippen LogP contribution in [-0.2, 0) is 9.59 Å². The smallest absolute Gasteiger partial charge is 0.323 e. The summed E-state index contributed by atoms with van der Waals surface area (Å²) in [5.41, 5.74) is 1.15. The molecule has 0 spiro atoms. The van der Waals surface area contributed by atoms with E-state index in [1.807, 2.05) is 31.2 Å². The van der Waals surface area contributed by atoms with E-state index in [0.29, 0.717) is 6.54 Å². The van der Waals surface area contributed by atoms with E-state index < -0.39 is 5.97 Å². The first-order valence-electron chi connectivity index (χ1n) is 6.79. The molecule has 2 rings (SSSR count). The minimum absolute atomic E-state index is 0.0258. The molecule has 1 aromatic carbocycles. The third-order valence-electron chi connectivity index (χ3n) is 3.54. The maximum absolute atomic E-state index is 12.3. The van der Waals surface area contributed by atoms with Crippen molar-refractivity contribution in [3.05, 3.63) is 34.3 Å². The van der Waals surface area contributed by atoms with Crippen molar-refractivity contribution in [1.82, 2.24) is 4.90 Å². The standard InChI is InChI=1S/C15H18BrNO3/c1-2-7-17(9-14(18)19)15(20)13-8-12(13)10-3-5-11(16)6-4-10/h3-6,12-13H,2,7-9H2,1H3,(H,18,19). The number of halogens is 1. The zero-order chi connectivity index (χ0) is 14.7. The van der Waals surface area contributed by atoms with Crippen LogP contribution >= 0.6 is 15.9 Å². The van der Waals surface area contributed by atoms with E-state index in [0.717, 1.165) is 22.9 Å². The number of hydrogen-bond acceptors (Lipinski definition) is 2. The zero-order valence-corrected chi connectivity index (χ0v) is 13.0. The van der Waals surface area contributed by atoms with Gasteiger partial charge in [-0.1, -0.05) is 35.0 Å². The molecule has 20 heavy (non-hydrogen) atoms. The maximum atomic E-state index is 12.3. The topological polar surface area (TPSA) is 57.6 Å². The molecule has 0 saturated heterocycles. The molecule has 1 fully saturated rings. The van der Waals surface area contributed by atoms with E-state index in [-0.39, 0.29) is 24.3 Å². The second-order valence-corrected chi connectivity index (χ2v) is 6.07. The van der Waals surface area contributed by atoms with Crippen molar-refractivity contribution in [2.45, 2.75) is 25.7 Å². The van der Waals surface area contributed by atoms with E-state index >= 15 is 0 Å². The number of aliphatic carboxylic acids is 1. The zero-order valence-electron chi connectivity index (χ0n) is 11.4. The van der Waals surface area contributed by atoms with Crippen molar-refractivity contribution in [3.8, 4) is 0 Å². The van der Waals surface area contributed by atoms with Gasteiger partial charge in [0, 0.05) is 16.9 Å². The quantitative estimate of drug-likeness (QED) is 0.866. The molecule has 1 N–H and O–H groups in total. The highest BCUT2D eigenvalue weighted by atomic mass is 79.9. The van der Waals surface area contributed by atoms with Crippen molar-refractivity contribution in [2.24, 2.45) is 5.92 Å². The van der Waals surface area contributed by atoms with E-state index in [2.05, 4.69) is 15.9 Å². The molecule has 0 radical (unpaired) electrons. The Kier molecular flexibility index (Phi) is 4.81. The summed E-state index contributed by atoms with van der Waals surface area (Å²) in [6.45, 7) is 2.26. The van der Waals surface area contributed by atoms with Gasteiger partial charge in [-0.2, -0.15) is 0 Å². The lowest BCUT2D eigenvalue weighted by molar-refractivity contribution is -0.145. The summed E-state index contributed by atoms with van der Waals surface area (Å²) in [6.07, 6.45) is 1.59. The summed E-state index contributed by atoms with van der Waals surface area (Å²) in [7, 11) is 0. The molecular formula is C15H18BrNO3. The molecule has 0 bridgehead atoms. The number of carbonyl (C=O) groups excluding carboxylic acids is 1. The first-order chi connectivity index (χ1) is 9.52. The van der Waals surface area contributed by atoms with Crippen LogP contribution in [0.15, 0.2) is 28.7 Å². The number of rotatable bonds is 6. The van der Waals surface area contributed by atoms with Crippen molar-refractivity contribution < 1.29 is 14.7 Å². The van der Waals surface area contributed by atoms with Crippen LogP contribution in [0.25, 0.3) is 0 Å². The predicted molar refractivity (Wildman–Crippen MR) is 79.5 cm³/mol. The second kappa shape index (κ2) is 6.39. The van der Waals surface area contributed by atoms with Gasteiger partial charge in [0.15, 0.2) is 0 Å². The Morgan fingerprint density at radius 3 is 2.55 bits per heavy atom. The predicted octanol–water partition coefficient (Wildman–Crippen LogP) is 2.88. The molecule has 1 saturated carbocycles. The lowest BCUT2D eigenvalue weighted by atomic mass is 10.1. The summed E-state index contributed by atoms with van der Waals surface area (Å²) in [5, 5.41) is 8.88. The highest BCUT2D eigenvalue weighted by Crippen LogP contribution is 2.48. The number of benzene rings is 1. The summed E-state index contributed by atoms with van der Waals surface area (Å²) in [4.78, 5) is 24.6. The lowest BCUT2D eigenvalue weighted by Gasteiger charge is -2.20. The molecule has 4 nitrogen and oxygen atoms in total. The molecular weight excluding hydrogens is 322 g/mol. The molecule has 1 aliphatic carbocycles. The fraction of sp³-hybridized carbons (Fsp3) is 0.467. The van der Waals surface area contributed by atoms with E-state index in [1.54, 1.807) is 0 Å². The molecule has 1 aliphatic rings. The van der Waals surface area contributed by atoms with Gasteiger partial charge < -0.3 is 10.0 Å². The number of carbonyl (C=O) groups is 2. The van der Waals surface area contributed by atoms with Gasteiger partial charge in [0.2, 0.25) is 5.91 Å². The normalized spacial score (nSPS) is 20.5. The van der Waals surface area contributed by atoms with Gasteiger partial charge in [-0.3, -0.25) is 9.59 Å². The molecule has 1 amide bonds. The van der Waals surface area contributed by atoms with Crippen molar-refractivity contribution in [3.63, 3.8) is 0 Å². The highest BCUT2D eigenvalue weighted by Gasteiger charge is 2.45. The van der Waals surface area contributed by atoms with Gasteiger partial charge in [-0.05, 0) is 36.5 Å². The largest absolute Gasteiger partial charge is 0.480 e. The fourth-order valence-electron chi connectivity index (χ4n) is 2.48. The number of nitrogens with zero attached hydrogens (tertiary/aromatic N) is 1. The molecule has 5 heteroatoms. The van der Waals surface area contributed by atoms with E-state index in [4.69, 9.17) is 5.11 Å². The molecule has 0 heterocycles. The van der Waals surface area contributed by atoms with Gasteiger partial charge >= 0.3 is 5.97 Å². The molecule has 0 aromatic heterocycles. The van der Waals surface area contributed by atoms with Crippen LogP contribution in [0.5, 0.6) is 0 Å². The van der Waals surface area contributed by atoms with Gasteiger partial charge in [0.1, 0.15) is 6.54 Å². The van der Waals surface area contributed by atoms with Gasteiger partial charge in [0.25, 0.3) is 0 Å². The van der Waals surface area contributed by atoms with Crippen molar-refractivity contribution in [1.29, 1.82) is 0 Å². The third kappa shape index (κ3) is 3.60. The van der Waals surface area contributed by atoms with Crippen LogP contribution in [-0.4, -0.2) is 35.0 Å². The summed E-state index contributed by atoms with van der Waals surface area (Å²) in [5.74, 6) is -0.791. The van der Waals surface area contributed by atoms with Crippen LogP contribution in [0, 0.1) is 5.92 Å². The maximum Gasteiger partial charge on any atom is 0.323 e. The number of hydrogen-bond donors (Lipinski definition) is 1. The Morgan fingerprint density at radius 1 is 1.35 bits per heavy atom. The Balaban J connectivity index is 2.00. The van der Waals surface area contributed by atoms with E-state index in [9.17, 15) is 9.59 Å². The summed E-state index contributed by atoms with van der Waals surface area (Å²) in [6, 6.07) is 7.97. The van der Waals surface area contributed by atoms with Gasteiger partial charge in [-0.25, -0.2) is 0 Å². The third-order valence-corrected chi connectivity index (χ3v) is 4.07. The highest BCUT2D eigenvalue weighted by molar-refractivity contribution is 9.10. The molecule has 2 unspecified atom stereocenters. The number of carboxylic acid groups (broad SMARTS) is 1. The van der Waals surface area contributed by atoms with Crippen LogP contribution < -0.4 is 0 Å². The van der Waals surface area contributed by atoms with Crippen LogP contribution in [0.4, 0.5) is 0 Å².